The molecule has 2 N–H and O–H groups in total. The number of carboxylic acid groups (broad SMARTS) is 1. The van der Waals surface area contributed by atoms with Crippen LogP contribution in [0.4, 0.5) is 8.78 Å². The Morgan fingerprint density at radius 2 is 2.19 bits per heavy atom. The van der Waals surface area contributed by atoms with E-state index < -0.39 is 30.1 Å². The molecule has 1 heterocycles. The minimum Gasteiger partial charge on any atom is -0.481 e. The average Bonchev–Trinajstić information content (AvgIpc) is 2.19. The van der Waals surface area contributed by atoms with E-state index in [1.807, 2.05) is 4.98 Å². The van der Waals surface area contributed by atoms with E-state index in [1.165, 1.54) is 0 Å². The Morgan fingerprint density at radius 1 is 1.56 bits per heavy atom. The van der Waals surface area contributed by atoms with Gasteiger partial charge in [0.15, 0.2) is 0 Å². The molecule has 0 aliphatic heterocycles. The van der Waals surface area contributed by atoms with Gasteiger partial charge < -0.3 is 10.1 Å². The summed E-state index contributed by atoms with van der Waals surface area (Å²) >= 11 is 3.03. The fraction of sp³-hybridized carbons (Fsp3) is 0.333. The van der Waals surface area contributed by atoms with Crippen molar-refractivity contribution in [2.45, 2.75) is 18.2 Å². The monoisotopic (exact) mass is 295 g/mol. The molecule has 0 aliphatic carbocycles. The molecule has 0 saturated carbocycles. The first-order valence-corrected chi connectivity index (χ1v) is 5.38. The highest BCUT2D eigenvalue weighted by Crippen LogP contribution is 2.19. The van der Waals surface area contributed by atoms with Crippen molar-refractivity contribution in [1.82, 2.24) is 4.98 Å². The third-order valence-corrected chi connectivity index (χ3v) is 2.56. The zero-order valence-corrected chi connectivity index (χ0v) is 9.55. The third kappa shape index (κ3) is 2.88. The van der Waals surface area contributed by atoms with Gasteiger partial charge in [-0.1, -0.05) is 15.9 Å². The second-order valence-corrected chi connectivity index (χ2v) is 3.62. The quantitative estimate of drug-likeness (QED) is 0.833. The number of halogens is 3. The Kier molecular flexibility index (Phi) is 4.17. The molecular weight excluding hydrogens is 288 g/mol. The SMILES string of the molecule is O=C(O)Cc1c(CBr)cc(C(F)F)[nH]c1=O. The number of hydrogen-bond donors (Lipinski definition) is 2. The molecule has 16 heavy (non-hydrogen) atoms. The molecule has 7 heteroatoms. The number of aromatic amines is 1. The van der Waals surface area contributed by atoms with E-state index in [1.54, 1.807) is 0 Å². The van der Waals surface area contributed by atoms with Crippen molar-refractivity contribution >= 4 is 21.9 Å². The van der Waals surface area contributed by atoms with Crippen LogP contribution in [0, 0.1) is 0 Å². The Morgan fingerprint density at radius 3 is 2.62 bits per heavy atom. The standard InChI is InChI=1S/C9H8BrF2NO3/c10-3-4-1-6(8(11)12)13-9(16)5(4)2-7(14)15/h1,8H,2-3H2,(H,13,16)(H,14,15). The van der Waals surface area contributed by atoms with Gasteiger partial charge in [0.25, 0.3) is 12.0 Å². The number of aliphatic carboxylic acids is 1. The summed E-state index contributed by atoms with van der Waals surface area (Å²) in [7, 11) is 0. The highest BCUT2D eigenvalue weighted by molar-refractivity contribution is 9.08. The van der Waals surface area contributed by atoms with Crippen molar-refractivity contribution in [2.24, 2.45) is 0 Å². The van der Waals surface area contributed by atoms with E-state index in [-0.39, 0.29) is 16.5 Å². The minimum absolute atomic E-state index is 0.00576. The van der Waals surface area contributed by atoms with Crippen molar-refractivity contribution in [1.29, 1.82) is 0 Å². The van der Waals surface area contributed by atoms with Crippen molar-refractivity contribution in [3.8, 4) is 0 Å². The van der Waals surface area contributed by atoms with Gasteiger partial charge in [-0.2, -0.15) is 0 Å². The van der Waals surface area contributed by atoms with Crippen LogP contribution in [0.1, 0.15) is 23.2 Å². The van der Waals surface area contributed by atoms with E-state index in [2.05, 4.69) is 15.9 Å². The van der Waals surface area contributed by atoms with E-state index in [0.717, 1.165) is 6.07 Å². The van der Waals surface area contributed by atoms with Crippen molar-refractivity contribution in [3.05, 3.63) is 33.2 Å². The number of aromatic nitrogens is 1. The molecule has 0 fully saturated rings. The molecule has 0 radical (unpaired) electrons. The van der Waals surface area contributed by atoms with Crippen molar-refractivity contribution < 1.29 is 18.7 Å². The number of H-pyrrole nitrogens is 1. The summed E-state index contributed by atoms with van der Waals surface area (Å²) in [5.74, 6) is -1.18. The van der Waals surface area contributed by atoms with E-state index in [9.17, 15) is 18.4 Å². The van der Waals surface area contributed by atoms with Crippen LogP contribution in [0.15, 0.2) is 10.9 Å². The fourth-order valence-electron chi connectivity index (χ4n) is 1.25. The number of pyridine rings is 1. The number of nitrogens with one attached hydrogen (secondary N) is 1. The van der Waals surface area contributed by atoms with Crippen LogP contribution in [-0.4, -0.2) is 16.1 Å². The average molecular weight is 296 g/mol. The maximum absolute atomic E-state index is 12.4. The van der Waals surface area contributed by atoms with Crippen LogP contribution in [0.5, 0.6) is 0 Å². The molecule has 1 aromatic heterocycles. The summed E-state index contributed by atoms with van der Waals surface area (Å²) in [6, 6.07) is 1.10. The largest absolute Gasteiger partial charge is 0.481 e. The fourth-order valence-corrected chi connectivity index (χ4v) is 1.75. The normalized spacial score (nSPS) is 10.8. The first kappa shape index (κ1) is 12.8. The van der Waals surface area contributed by atoms with Crippen LogP contribution < -0.4 is 5.56 Å². The predicted octanol–water partition coefficient (Wildman–Crippen LogP) is 1.83. The Hall–Kier alpha value is -1.24. The predicted molar refractivity (Wildman–Crippen MR) is 56.0 cm³/mol. The summed E-state index contributed by atoms with van der Waals surface area (Å²) in [5, 5.41) is 8.73. The maximum atomic E-state index is 12.4. The van der Waals surface area contributed by atoms with Gasteiger partial charge in [0.1, 0.15) is 0 Å². The van der Waals surface area contributed by atoms with E-state index in [0.29, 0.717) is 0 Å². The van der Waals surface area contributed by atoms with Crippen molar-refractivity contribution in [3.63, 3.8) is 0 Å². The molecule has 4 nitrogen and oxygen atoms in total. The second kappa shape index (κ2) is 5.20. The lowest BCUT2D eigenvalue weighted by Crippen LogP contribution is -2.20. The van der Waals surface area contributed by atoms with Gasteiger partial charge in [0.05, 0.1) is 12.1 Å². The highest BCUT2D eigenvalue weighted by Gasteiger charge is 2.16. The van der Waals surface area contributed by atoms with Gasteiger partial charge in [-0.05, 0) is 11.6 Å². The van der Waals surface area contributed by atoms with Gasteiger partial charge in [-0.3, -0.25) is 9.59 Å². The number of rotatable bonds is 4. The first-order valence-electron chi connectivity index (χ1n) is 4.26. The van der Waals surface area contributed by atoms with E-state index in [4.69, 9.17) is 5.11 Å². The molecule has 0 amide bonds. The molecular formula is C9H8BrF2NO3. The molecule has 0 saturated heterocycles. The molecule has 0 spiro atoms. The Bertz CT molecular complexity index is 459. The maximum Gasteiger partial charge on any atom is 0.308 e. The highest BCUT2D eigenvalue weighted by atomic mass is 79.9. The zero-order valence-electron chi connectivity index (χ0n) is 7.97. The smallest absolute Gasteiger partial charge is 0.308 e. The lowest BCUT2D eigenvalue weighted by Gasteiger charge is -2.07. The zero-order chi connectivity index (χ0) is 12.3. The molecule has 0 bridgehead atoms. The van der Waals surface area contributed by atoms with Crippen LogP contribution >= 0.6 is 15.9 Å². The molecule has 1 rings (SSSR count). The third-order valence-electron chi connectivity index (χ3n) is 1.96. The summed E-state index contributed by atoms with van der Waals surface area (Å²) < 4.78 is 24.7. The molecule has 0 unspecified atom stereocenters. The first-order chi connectivity index (χ1) is 7.45. The van der Waals surface area contributed by atoms with Gasteiger partial charge in [-0.25, -0.2) is 8.78 Å². The molecule has 0 aliphatic rings. The van der Waals surface area contributed by atoms with Crippen LogP contribution in [0.3, 0.4) is 0 Å². The van der Waals surface area contributed by atoms with Crippen LogP contribution in [0.25, 0.3) is 0 Å². The van der Waals surface area contributed by atoms with Crippen LogP contribution in [0.2, 0.25) is 0 Å². The number of carboxylic acids is 1. The topological polar surface area (TPSA) is 70.2 Å². The molecule has 0 atom stereocenters. The van der Waals surface area contributed by atoms with Gasteiger partial charge in [0, 0.05) is 10.9 Å². The van der Waals surface area contributed by atoms with Gasteiger partial charge in [0.2, 0.25) is 0 Å². The Balaban J connectivity index is 3.28. The molecule has 1 aromatic rings. The summed E-state index contributed by atoms with van der Waals surface area (Å²) in [6.07, 6.45) is -3.27. The van der Waals surface area contributed by atoms with Crippen molar-refractivity contribution in [2.75, 3.05) is 0 Å². The summed E-state index contributed by atoms with van der Waals surface area (Å²) in [6.45, 7) is 0. The number of hydrogen-bond acceptors (Lipinski definition) is 2. The van der Waals surface area contributed by atoms with Gasteiger partial charge >= 0.3 is 5.97 Å². The minimum atomic E-state index is -2.79. The summed E-state index contributed by atoms with van der Waals surface area (Å²) in [5.41, 5.74) is -1.03. The molecule has 0 aromatic carbocycles. The Labute approximate surface area is 97.4 Å². The number of alkyl halides is 3. The van der Waals surface area contributed by atoms with E-state index >= 15 is 0 Å². The number of carbonyl (C=O) groups is 1. The van der Waals surface area contributed by atoms with Crippen LogP contribution in [-0.2, 0) is 16.5 Å². The van der Waals surface area contributed by atoms with Gasteiger partial charge in [-0.15, -0.1) is 0 Å². The lowest BCUT2D eigenvalue weighted by molar-refractivity contribution is -0.136. The lowest BCUT2D eigenvalue weighted by atomic mass is 10.1. The summed E-state index contributed by atoms with van der Waals surface area (Å²) in [4.78, 5) is 23.8. The molecule has 88 valence electrons. The second-order valence-electron chi connectivity index (χ2n) is 3.06.